The Morgan fingerprint density at radius 2 is 2.07 bits per heavy atom. The van der Waals surface area contributed by atoms with Gasteiger partial charge in [-0.15, -0.1) is 0 Å². The summed E-state index contributed by atoms with van der Waals surface area (Å²) >= 11 is 0. The van der Waals surface area contributed by atoms with Gasteiger partial charge in [0.05, 0.1) is 0 Å². The maximum absolute atomic E-state index is 11.9. The number of benzene rings is 1. The third-order valence-electron chi connectivity index (χ3n) is 6.64. The number of fused-ring (bicyclic) bond motifs is 2. The van der Waals surface area contributed by atoms with E-state index in [1.165, 1.54) is 55.3 Å². The first-order chi connectivity index (χ1) is 14.1. The molecular weight excluding hydrogens is 357 g/mol. The van der Waals surface area contributed by atoms with Gasteiger partial charge in [-0.1, -0.05) is 63.2 Å². The van der Waals surface area contributed by atoms with Crippen molar-refractivity contribution in [1.29, 1.82) is 0 Å². The fourth-order valence-corrected chi connectivity index (χ4v) is 5.15. The second kappa shape index (κ2) is 11.0. The van der Waals surface area contributed by atoms with E-state index in [4.69, 9.17) is 5.73 Å². The predicted octanol–water partition coefficient (Wildman–Crippen LogP) is 3.48. The first-order valence-electron chi connectivity index (χ1n) is 11.6. The minimum Gasteiger partial charge on any atom is -0.393 e. The summed E-state index contributed by atoms with van der Waals surface area (Å²) in [5.74, 6) is 4.12. The molecule has 1 aromatic carbocycles. The van der Waals surface area contributed by atoms with Gasteiger partial charge in [0.25, 0.3) is 0 Å². The van der Waals surface area contributed by atoms with Gasteiger partial charge in [0.15, 0.2) is 12.5 Å². The summed E-state index contributed by atoms with van der Waals surface area (Å²) in [6.07, 6.45) is 10.4. The number of hydrogen-bond donors (Lipinski definition) is 3. The Bertz CT molecular complexity index is 708. The molecule has 4 N–H and O–H groups in total. The minimum absolute atomic E-state index is 0.206. The van der Waals surface area contributed by atoms with Crippen LogP contribution in [0.3, 0.4) is 0 Å². The molecule has 5 heteroatoms. The number of nitrogens with two attached hydrogens (primary N) is 1. The van der Waals surface area contributed by atoms with E-state index in [9.17, 15) is 4.79 Å². The molecule has 4 rings (SSSR count). The average Bonchev–Trinajstić information content (AvgIpc) is 3.12. The number of carbonyl (C=O) groups excluding carboxylic acids is 1. The van der Waals surface area contributed by atoms with Crippen molar-refractivity contribution < 1.29 is 4.79 Å². The van der Waals surface area contributed by atoms with Crippen molar-refractivity contribution in [3.63, 3.8) is 0 Å². The van der Waals surface area contributed by atoms with Crippen LogP contribution in [-0.4, -0.2) is 38.1 Å². The van der Waals surface area contributed by atoms with Gasteiger partial charge < -0.3 is 16.4 Å². The van der Waals surface area contributed by atoms with Gasteiger partial charge in [0, 0.05) is 24.6 Å². The summed E-state index contributed by atoms with van der Waals surface area (Å²) in [6, 6.07) is 6.25. The van der Waals surface area contributed by atoms with E-state index in [0.29, 0.717) is 12.7 Å². The Morgan fingerprint density at radius 3 is 2.72 bits per heavy atom. The van der Waals surface area contributed by atoms with Crippen molar-refractivity contribution in [3.8, 4) is 0 Å². The molecule has 0 radical (unpaired) electrons. The summed E-state index contributed by atoms with van der Waals surface area (Å²) in [4.78, 5) is 11.9. The van der Waals surface area contributed by atoms with Crippen LogP contribution in [0.4, 0.5) is 0 Å². The predicted molar refractivity (Wildman–Crippen MR) is 123 cm³/mol. The van der Waals surface area contributed by atoms with Crippen molar-refractivity contribution in [3.05, 3.63) is 46.6 Å². The molecule has 2 heterocycles. The van der Waals surface area contributed by atoms with Gasteiger partial charge in [-0.05, 0) is 55.4 Å². The maximum Gasteiger partial charge on any atom is 0.199 e. The molecule has 0 spiro atoms. The highest BCUT2D eigenvalue weighted by molar-refractivity contribution is 6.67. The Labute approximate surface area is 177 Å². The van der Waals surface area contributed by atoms with E-state index in [-0.39, 0.29) is 5.78 Å². The molecule has 0 saturated heterocycles. The van der Waals surface area contributed by atoms with Gasteiger partial charge in [0.2, 0.25) is 0 Å². The fraction of sp³-hybridized carbons (Fsp3) is 0.625. The summed E-state index contributed by atoms with van der Waals surface area (Å²) < 4.78 is 0. The van der Waals surface area contributed by atoms with Crippen molar-refractivity contribution >= 4 is 12.5 Å². The number of Topliss-reactive ketones (excluding diaryl/α,β-unsaturated/α-hetero) is 1. The molecule has 2 aliphatic heterocycles. The lowest BCUT2D eigenvalue weighted by Crippen LogP contribution is -2.43. The van der Waals surface area contributed by atoms with Crippen LogP contribution >= 0.6 is 0 Å². The normalized spacial score (nSPS) is 20.7. The third-order valence-corrected chi connectivity index (χ3v) is 6.64. The lowest BCUT2D eigenvalue weighted by atomic mass is 9.39. The van der Waals surface area contributed by atoms with E-state index in [0.717, 1.165) is 43.9 Å². The Balaban J connectivity index is 0.000000353. The Hall–Kier alpha value is -1.59. The van der Waals surface area contributed by atoms with Gasteiger partial charge in [0.1, 0.15) is 0 Å². The second-order valence-electron chi connectivity index (χ2n) is 8.86. The number of allylic oxidation sites excluding steroid dienone is 1. The number of carbonyl (C=O) groups is 1. The molecule has 0 amide bonds. The lowest BCUT2D eigenvalue weighted by Gasteiger charge is -2.28. The Morgan fingerprint density at radius 1 is 1.28 bits per heavy atom. The van der Waals surface area contributed by atoms with Crippen LogP contribution in [0.25, 0.3) is 0 Å². The molecular formula is C24H38BN3O. The topological polar surface area (TPSA) is 67.2 Å². The van der Waals surface area contributed by atoms with Crippen LogP contribution in [0, 0.1) is 5.92 Å². The van der Waals surface area contributed by atoms with Crippen LogP contribution in [0.15, 0.2) is 29.9 Å². The maximum atomic E-state index is 11.9. The number of hydrogen-bond acceptors (Lipinski definition) is 4. The second-order valence-corrected chi connectivity index (χ2v) is 8.86. The summed E-state index contributed by atoms with van der Waals surface area (Å²) in [7, 11) is 0. The summed E-state index contributed by atoms with van der Waals surface area (Å²) in [5.41, 5.74) is 10.2. The highest BCUT2D eigenvalue weighted by Crippen LogP contribution is 2.33. The monoisotopic (exact) mass is 395 g/mol. The first-order valence-corrected chi connectivity index (χ1v) is 11.6. The standard InChI is InChI=1S/C20H26BNO.C4H12N2/c1-14(23)18-9-5-8-16-11-20-21(13-19(16)18)12-17(22-20)10-15-6-3-2-4-7-15;1-2-6-4-3-5/h5,8-9,12,15,20,22H,2-4,6-7,10-11,13H2,1H3;6H,2-5H2,1H3. The van der Waals surface area contributed by atoms with Crippen LogP contribution in [0.5, 0.6) is 0 Å². The fourth-order valence-electron chi connectivity index (χ4n) is 5.15. The molecule has 1 fully saturated rings. The van der Waals surface area contributed by atoms with E-state index >= 15 is 0 Å². The van der Waals surface area contributed by atoms with E-state index in [1.54, 1.807) is 6.92 Å². The molecule has 1 aromatic rings. The highest BCUT2D eigenvalue weighted by atomic mass is 16.1. The van der Waals surface area contributed by atoms with E-state index in [1.807, 2.05) is 12.1 Å². The van der Waals surface area contributed by atoms with Crippen molar-refractivity contribution in [2.24, 2.45) is 11.7 Å². The molecule has 4 nitrogen and oxygen atoms in total. The molecule has 0 aromatic heterocycles. The van der Waals surface area contributed by atoms with Gasteiger partial charge >= 0.3 is 0 Å². The zero-order valence-corrected chi connectivity index (χ0v) is 18.3. The zero-order valence-electron chi connectivity index (χ0n) is 18.3. The number of ketones is 1. The van der Waals surface area contributed by atoms with Crippen molar-refractivity contribution in [1.82, 2.24) is 10.6 Å². The lowest BCUT2D eigenvalue weighted by molar-refractivity contribution is 0.101. The van der Waals surface area contributed by atoms with E-state index < -0.39 is 0 Å². The van der Waals surface area contributed by atoms with Crippen LogP contribution in [0.1, 0.15) is 73.9 Å². The number of likely N-dealkylation sites (N-methyl/N-ethyl adjacent to an activating group) is 1. The molecule has 1 atom stereocenters. The molecule has 158 valence electrons. The molecule has 29 heavy (non-hydrogen) atoms. The SMILES string of the molecule is CC(=O)c1cccc2c1CB1C=C(CC3CCCCC3)NC1C2.CCNCCN. The Kier molecular flexibility index (Phi) is 8.37. The molecule has 0 bridgehead atoms. The quantitative estimate of drug-likeness (QED) is 0.392. The van der Waals surface area contributed by atoms with Crippen LogP contribution in [0.2, 0.25) is 0 Å². The third kappa shape index (κ3) is 5.96. The molecule has 3 aliphatic rings. The summed E-state index contributed by atoms with van der Waals surface area (Å²) in [5, 5.41) is 6.88. The first kappa shape index (κ1) is 22.1. The number of rotatable bonds is 6. The molecule has 1 unspecified atom stereocenters. The van der Waals surface area contributed by atoms with Gasteiger partial charge in [-0.3, -0.25) is 4.79 Å². The van der Waals surface area contributed by atoms with Crippen LogP contribution < -0.4 is 16.4 Å². The minimum atomic E-state index is 0.206. The average molecular weight is 395 g/mol. The van der Waals surface area contributed by atoms with Crippen molar-refractivity contribution in [2.45, 2.75) is 71.1 Å². The molecule has 1 saturated carbocycles. The summed E-state index contributed by atoms with van der Waals surface area (Å²) in [6.45, 7) is 7.04. The zero-order chi connectivity index (χ0) is 20.6. The van der Waals surface area contributed by atoms with Crippen LogP contribution in [-0.2, 0) is 12.7 Å². The molecule has 1 aliphatic carbocycles. The van der Waals surface area contributed by atoms with Gasteiger partial charge in [-0.2, -0.15) is 0 Å². The highest BCUT2D eigenvalue weighted by Gasteiger charge is 2.36. The number of nitrogens with one attached hydrogen (secondary N) is 2. The van der Waals surface area contributed by atoms with Crippen molar-refractivity contribution in [2.75, 3.05) is 19.6 Å². The van der Waals surface area contributed by atoms with Gasteiger partial charge in [-0.25, -0.2) is 0 Å². The smallest absolute Gasteiger partial charge is 0.199 e. The van der Waals surface area contributed by atoms with E-state index in [2.05, 4.69) is 29.6 Å². The largest absolute Gasteiger partial charge is 0.393 e.